The lowest BCUT2D eigenvalue weighted by Gasteiger charge is -2.25. The molecule has 2 atom stereocenters. The zero-order chi connectivity index (χ0) is 45.4. The van der Waals surface area contributed by atoms with E-state index in [1.807, 2.05) is 120 Å². The van der Waals surface area contributed by atoms with Crippen molar-refractivity contribution in [3.8, 4) is 0 Å². The summed E-state index contributed by atoms with van der Waals surface area (Å²) in [6.07, 6.45) is 3.74. The average molecular weight is 901 g/mol. The summed E-state index contributed by atoms with van der Waals surface area (Å²) in [6, 6.07) is 71.3. The first-order chi connectivity index (χ1) is 32.9. The Hall–Kier alpha value is -7.83. The van der Waals surface area contributed by atoms with Gasteiger partial charge in [0.15, 0.2) is 0 Å². The van der Waals surface area contributed by atoms with Crippen LogP contribution in [0.4, 0.5) is 45.5 Å². The first-order valence-electron chi connectivity index (χ1n) is 22.3. The molecule has 10 rings (SSSR count). The maximum absolute atomic E-state index is 14.0. The molecule has 2 unspecified atom stereocenters. The molecule has 0 bridgehead atoms. The van der Waals surface area contributed by atoms with Gasteiger partial charge in [-0.1, -0.05) is 97.1 Å². The fourth-order valence-corrected chi connectivity index (χ4v) is 9.06. The van der Waals surface area contributed by atoms with E-state index < -0.39 is 9.84 Å². The molecule has 67 heavy (non-hydrogen) atoms. The SMILES string of the molecule is O=S(=O)(c1ccc(N(CC2CO2)N=Cc2ccc(N(c3ccccc3)c3ccccc3)cc2)cc1)c1ccc(N(CC2CO2)N=Cc2ccc(N(c3ccccc3)c3ccccc3)cc2)cc1. The van der Waals surface area contributed by atoms with Gasteiger partial charge in [-0.05, 0) is 132 Å². The first-order valence-corrected chi connectivity index (χ1v) is 23.7. The second kappa shape index (κ2) is 19.7. The van der Waals surface area contributed by atoms with E-state index in [0.29, 0.717) is 26.3 Å². The molecular weight excluding hydrogens is 853 g/mol. The van der Waals surface area contributed by atoms with E-state index in [1.165, 1.54) is 0 Å². The van der Waals surface area contributed by atoms with Crippen molar-refractivity contribution in [2.45, 2.75) is 22.0 Å². The molecule has 332 valence electrons. The van der Waals surface area contributed by atoms with Crippen molar-refractivity contribution in [2.75, 3.05) is 46.1 Å². The number of epoxide rings is 2. The number of hydrazone groups is 2. The smallest absolute Gasteiger partial charge is 0.206 e. The van der Waals surface area contributed by atoms with Crippen LogP contribution in [0.5, 0.6) is 0 Å². The Balaban J connectivity index is 0.823. The average Bonchev–Trinajstić information content (AvgIpc) is 4.35. The number of rotatable bonds is 18. The second-order valence-electron chi connectivity index (χ2n) is 16.3. The number of para-hydroxylation sites is 4. The van der Waals surface area contributed by atoms with Gasteiger partial charge < -0.3 is 19.3 Å². The van der Waals surface area contributed by atoms with Crippen LogP contribution in [0.2, 0.25) is 0 Å². The number of hydrogen-bond acceptors (Lipinski definition) is 10. The van der Waals surface area contributed by atoms with Crippen molar-refractivity contribution in [1.82, 2.24) is 0 Å². The Morgan fingerprint density at radius 3 is 0.940 bits per heavy atom. The predicted octanol–water partition coefficient (Wildman–Crippen LogP) is 11.9. The van der Waals surface area contributed by atoms with Gasteiger partial charge in [0.05, 0.1) is 59.9 Å². The highest BCUT2D eigenvalue weighted by molar-refractivity contribution is 7.91. The van der Waals surface area contributed by atoms with Crippen molar-refractivity contribution in [3.63, 3.8) is 0 Å². The minimum atomic E-state index is -3.83. The Bertz CT molecular complexity index is 2740. The van der Waals surface area contributed by atoms with Gasteiger partial charge in [0.1, 0.15) is 12.2 Å². The largest absolute Gasteiger partial charge is 0.371 e. The number of nitrogens with zero attached hydrogens (tertiary/aromatic N) is 6. The molecule has 0 aromatic heterocycles. The molecule has 0 aliphatic carbocycles. The molecule has 0 spiro atoms. The van der Waals surface area contributed by atoms with E-state index in [1.54, 1.807) is 48.5 Å². The van der Waals surface area contributed by atoms with Crippen LogP contribution in [0.3, 0.4) is 0 Å². The maximum atomic E-state index is 14.0. The van der Waals surface area contributed by atoms with Crippen LogP contribution in [-0.4, -0.2) is 59.4 Å². The van der Waals surface area contributed by atoms with Crippen LogP contribution in [0.1, 0.15) is 11.1 Å². The van der Waals surface area contributed by atoms with Gasteiger partial charge in [-0.3, -0.25) is 10.0 Å². The highest BCUT2D eigenvalue weighted by atomic mass is 32.2. The van der Waals surface area contributed by atoms with Crippen molar-refractivity contribution >= 4 is 67.8 Å². The summed E-state index contributed by atoms with van der Waals surface area (Å²) in [7, 11) is -3.83. The molecule has 8 aromatic carbocycles. The number of ether oxygens (including phenoxy) is 2. The highest BCUT2D eigenvalue weighted by Gasteiger charge is 2.28. The number of sulfone groups is 1. The van der Waals surface area contributed by atoms with Crippen LogP contribution in [0.25, 0.3) is 0 Å². The second-order valence-corrected chi connectivity index (χ2v) is 18.2. The zero-order valence-electron chi connectivity index (χ0n) is 36.6. The van der Waals surface area contributed by atoms with E-state index in [4.69, 9.17) is 19.7 Å². The molecule has 0 amide bonds. The van der Waals surface area contributed by atoms with Crippen LogP contribution in [-0.2, 0) is 19.3 Å². The third-order valence-electron chi connectivity index (χ3n) is 11.5. The number of hydrogen-bond donors (Lipinski definition) is 0. The van der Waals surface area contributed by atoms with Gasteiger partial charge >= 0.3 is 0 Å². The molecule has 0 N–H and O–H groups in total. The van der Waals surface area contributed by atoms with E-state index in [-0.39, 0.29) is 22.0 Å². The quantitative estimate of drug-likeness (QED) is 0.0477. The molecule has 2 aliphatic heterocycles. The Labute approximate surface area is 391 Å². The topological polar surface area (TPSA) is 96.9 Å². The minimum Gasteiger partial charge on any atom is -0.371 e. The normalized spacial score (nSPS) is 15.3. The summed E-state index contributed by atoms with van der Waals surface area (Å²) >= 11 is 0. The van der Waals surface area contributed by atoms with Gasteiger partial charge in [-0.2, -0.15) is 10.2 Å². The Morgan fingerprint density at radius 2 is 0.657 bits per heavy atom. The van der Waals surface area contributed by atoms with Crippen molar-refractivity contribution in [1.29, 1.82) is 0 Å². The number of benzene rings is 8. The van der Waals surface area contributed by atoms with Crippen LogP contribution >= 0.6 is 0 Å². The van der Waals surface area contributed by atoms with Crippen LogP contribution in [0, 0.1) is 0 Å². The summed E-state index contributed by atoms with van der Waals surface area (Å²) in [5.74, 6) is 0. The van der Waals surface area contributed by atoms with Crippen molar-refractivity contribution in [3.05, 3.63) is 230 Å². The molecule has 2 aliphatic rings. The van der Waals surface area contributed by atoms with Gasteiger partial charge in [0.2, 0.25) is 9.84 Å². The van der Waals surface area contributed by atoms with E-state index in [0.717, 1.165) is 56.6 Å². The molecule has 11 heteroatoms. The summed E-state index contributed by atoms with van der Waals surface area (Å²) in [5, 5.41) is 13.4. The molecule has 10 nitrogen and oxygen atoms in total. The first kappa shape index (κ1) is 43.1. The molecular formula is C56H48N6O4S. The summed E-state index contributed by atoms with van der Waals surface area (Å²) in [6.45, 7) is 2.39. The summed E-state index contributed by atoms with van der Waals surface area (Å²) < 4.78 is 39.1. The molecule has 2 heterocycles. The zero-order valence-corrected chi connectivity index (χ0v) is 37.5. The van der Waals surface area contributed by atoms with Crippen molar-refractivity contribution < 1.29 is 17.9 Å². The van der Waals surface area contributed by atoms with Gasteiger partial charge in [-0.25, -0.2) is 8.42 Å². The molecule has 2 fully saturated rings. The van der Waals surface area contributed by atoms with E-state index >= 15 is 0 Å². The maximum Gasteiger partial charge on any atom is 0.206 e. The lowest BCUT2D eigenvalue weighted by molar-refractivity contribution is 0.408. The molecule has 8 aromatic rings. The Kier molecular flexibility index (Phi) is 12.7. The van der Waals surface area contributed by atoms with Gasteiger partial charge in [0.25, 0.3) is 0 Å². The molecule has 0 radical (unpaired) electrons. The van der Waals surface area contributed by atoms with E-state index in [2.05, 4.69) is 82.6 Å². The molecule has 0 saturated carbocycles. The monoisotopic (exact) mass is 900 g/mol. The third-order valence-corrected chi connectivity index (χ3v) is 13.3. The van der Waals surface area contributed by atoms with Gasteiger partial charge in [-0.15, -0.1) is 0 Å². The van der Waals surface area contributed by atoms with Crippen LogP contribution < -0.4 is 19.8 Å². The van der Waals surface area contributed by atoms with Crippen LogP contribution in [0.15, 0.2) is 238 Å². The third kappa shape index (κ3) is 10.5. The lowest BCUT2D eigenvalue weighted by Crippen LogP contribution is -2.22. The van der Waals surface area contributed by atoms with E-state index in [9.17, 15) is 8.42 Å². The minimum absolute atomic E-state index is 0.0542. The summed E-state index contributed by atoms with van der Waals surface area (Å²) in [4.78, 5) is 4.81. The highest BCUT2D eigenvalue weighted by Crippen LogP contribution is 2.36. The Morgan fingerprint density at radius 1 is 0.388 bits per heavy atom. The van der Waals surface area contributed by atoms with Gasteiger partial charge in [0, 0.05) is 34.1 Å². The molecule has 2 saturated heterocycles. The fraction of sp³-hybridized carbons (Fsp3) is 0.107. The standard InChI is InChI=1S/C56H48N6O4S/c63-67(64,55-33-29-45(30-34-55)59(39-53-41-65-53)57-37-43-21-25-51(26-22-43)61(47-13-5-1-6-14-47)48-15-7-2-8-16-48)56-35-31-46(32-36-56)60(40-54-42-66-54)58-38-44-23-27-52(28-24-44)62(49-17-9-3-10-18-49)50-19-11-4-12-20-50/h1-38,53-54H,39-42H2. The number of anilines is 8. The summed E-state index contributed by atoms with van der Waals surface area (Å²) in [5.41, 5.74) is 9.66. The van der Waals surface area contributed by atoms with Crippen molar-refractivity contribution in [2.24, 2.45) is 10.2 Å². The lowest BCUT2D eigenvalue weighted by atomic mass is 10.1. The fourth-order valence-electron chi connectivity index (χ4n) is 7.80. The predicted molar refractivity (Wildman–Crippen MR) is 270 cm³/mol.